The van der Waals surface area contributed by atoms with E-state index in [9.17, 15) is 21.8 Å². The SMILES string of the molecule is CC(C)(C)[S@@](=O)N=Cc1cc(OC(F)(F)F)ccc1F. The van der Waals surface area contributed by atoms with E-state index in [1.807, 2.05) is 0 Å². The fourth-order valence-corrected chi connectivity index (χ4v) is 1.61. The van der Waals surface area contributed by atoms with Gasteiger partial charge in [-0.3, -0.25) is 0 Å². The van der Waals surface area contributed by atoms with Crippen LogP contribution in [0.5, 0.6) is 5.75 Å². The second-order valence-electron chi connectivity index (χ2n) is 4.83. The molecule has 0 heterocycles. The Hall–Kier alpha value is -1.44. The molecular formula is C12H13F4NO2S. The van der Waals surface area contributed by atoms with Crippen LogP contribution in [0.15, 0.2) is 22.6 Å². The number of ether oxygens (including phenoxy) is 1. The van der Waals surface area contributed by atoms with Crippen LogP contribution in [-0.2, 0) is 11.0 Å². The summed E-state index contributed by atoms with van der Waals surface area (Å²) >= 11 is 0. The third-order valence-electron chi connectivity index (χ3n) is 2.01. The number of rotatable bonds is 3. The van der Waals surface area contributed by atoms with Gasteiger partial charge in [0.15, 0.2) is 0 Å². The van der Waals surface area contributed by atoms with Crippen LogP contribution in [0, 0.1) is 5.82 Å². The van der Waals surface area contributed by atoms with Crippen LogP contribution in [0.3, 0.4) is 0 Å². The molecule has 0 aliphatic carbocycles. The van der Waals surface area contributed by atoms with Crippen molar-refractivity contribution in [3.63, 3.8) is 0 Å². The van der Waals surface area contributed by atoms with Gasteiger partial charge in [0.1, 0.15) is 22.6 Å². The van der Waals surface area contributed by atoms with Crippen LogP contribution in [0.2, 0.25) is 0 Å². The Kier molecular flexibility index (Phi) is 4.90. The molecule has 1 aromatic rings. The van der Waals surface area contributed by atoms with Crippen molar-refractivity contribution in [2.45, 2.75) is 31.9 Å². The van der Waals surface area contributed by atoms with E-state index in [0.29, 0.717) is 0 Å². The van der Waals surface area contributed by atoms with Gasteiger partial charge in [0.05, 0.1) is 4.75 Å². The Morgan fingerprint density at radius 3 is 2.35 bits per heavy atom. The van der Waals surface area contributed by atoms with E-state index in [1.165, 1.54) is 0 Å². The number of alkyl halides is 3. The molecule has 0 amide bonds. The predicted octanol–water partition coefficient (Wildman–Crippen LogP) is 3.61. The van der Waals surface area contributed by atoms with Crippen molar-refractivity contribution in [3.8, 4) is 5.75 Å². The Balaban J connectivity index is 2.98. The summed E-state index contributed by atoms with van der Waals surface area (Å²) in [6.07, 6.45) is -3.93. The molecule has 20 heavy (non-hydrogen) atoms. The van der Waals surface area contributed by atoms with Gasteiger partial charge in [-0.15, -0.1) is 13.2 Å². The topological polar surface area (TPSA) is 38.7 Å². The first-order valence-corrected chi connectivity index (χ1v) is 6.61. The molecule has 0 N–H and O–H groups in total. The van der Waals surface area contributed by atoms with E-state index in [-0.39, 0.29) is 5.56 Å². The summed E-state index contributed by atoms with van der Waals surface area (Å²) in [4.78, 5) is 0. The van der Waals surface area contributed by atoms with Crippen LogP contribution in [0.25, 0.3) is 0 Å². The zero-order valence-corrected chi connectivity index (χ0v) is 11.8. The van der Waals surface area contributed by atoms with E-state index in [1.54, 1.807) is 20.8 Å². The van der Waals surface area contributed by atoms with E-state index in [4.69, 9.17) is 0 Å². The molecule has 1 rings (SSSR count). The van der Waals surface area contributed by atoms with Crippen LogP contribution in [0.1, 0.15) is 26.3 Å². The van der Waals surface area contributed by atoms with Gasteiger partial charge in [-0.2, -0.15) is 4.40 Å². The second kappa shape index (κ2) is 5.90. The molecule has 0 bridgehead atoms. The molecule has 112 valence electrons. The normalized spacial score (nSPS) is 14.6. The minimum atomic E-state index is -4.86. The summed E-state index contributed by atoms with van der Waals surface area (Å²) in [5.41, 5.74) is -0.232. The first kappa shape index (κ1) is 16.6. The molecule has 8 heteroatoms. The number of nitrogens with zero attached hydrogens (tertiary/aromatic N) is 1. The number of halogens is 4. The molecule has 0 radical (unpaired) electrons. The lowest BCUT2D eigenvalue weighted by molar-refractivity contribution is -0.274. The third kappa shape index (κ3) is 5.28. The smallest absolute Gasteiger partial charge is 0.406 e. The Morgan fingerprint density at radius 2 is 1.85 bits per heavy atom. The fourth-order valence-electron chi connectivity index (χ4n) is 1.08. The summed E-state index contributed by atoms with van der Waals surface area (Å²) in [5, 5.41) is 0. The highest BCUT2D eigenvalue weighted by Gasteiger charge is 2.31. The van der Waals surface area contributed by atoms with Crippen molar-refractivity contribution in [2.24, 2.45) is 4.40 Å². The maximum atomic E-state index is 13.4. The Bertz CT molecular complexity index is 535. The van der Waals surface area contributed by atoms with Crippen molar-refractivity contribution < 1.29 is 26.5 Å². The molecular weight excluding hydrogens is 298 g/mol. The largest absolute Gasteiger partial charge is 0.573 e. The molecule has 0 saturated carbocycles. The molecule has 1 aromatic carbocycles. The average Bonchev–Trinajstić information content (AvgIpc) is 2.26. The van der Waals surface area contributed by atoms with Crippen molar-refractivity contribution >= 4 is 17.2 Å². The third-order valence-corrected chi connectivity index (χ3v) is 3.36. The minimum Gasteiger partial charge on any atom is -0.406 e. The number of hydrogen-bond donors (Lipinski definition) is 0. The molecule has 0 aliphatic rings. The summed E-state index contributed by atoms with van der Waals surface area (Å²) in [5.74, 6) is -1.35. The summed E-state index contributed by atoms with van der Waals surface area (Å²) in [6.45, 7) is 5.00. The summed E-state index contributed by atoms with van der Waals surface area (Å²) < 4.78 is 67.9. The lowest BCUT2D eigenvalue weighted by Crippen LogP contribution is -2.19. The lowest BCUT2D eigenvalue weighted by Gasteiger charge is -2.13. The van der Waals surface area contributed by atoms with Gasteiger partial charge in [-0.25, -0.2) is 8.60 Å². The first-order valence-electron chi connectivity index (χ1n) is 5.50. The Labute approximate surface area is 116 Å². The van der Waals surface area contributed by atoms with Crippen molar-refractivity contribution in [1.82, 2.24) is 0 Å². The van der Waals surface area contributed by atoms with Crippen LogP contribution < -0.4 is 4.74 Å². The number of benzene rings is 1. The van der Waals surface area contributed by atoms with E-state index >= 15 is 0 Å². The van der Waals surface area contributed by atoms with Crippen LogP contribution in [-0.4, -0.2) is 21.5 Å². The van der Waals surface area contributed by atoms with Gasteiger partial charge in [0.25, 0.3) is 0 Å². The number of hydrogen-bond acceptors (Lipinski definition) is 2. The van der Waals surface area contributed by atoms with Crippen LogP contribution >= 0.6 is 0 Å². The zero-order valence-electron chi connectivity index (χ0n) is 11.0. The van der Waals surface area contributed by atoms with E-state index in [2.05, 4.69) is 9.13 Å². The first-order chi connectivity index (χ1) is 8.99. The van der Waals surface area contributed by atoms with E-state index in [0.717, 1.165) is 24.4 Å². The van der Waals surface area contributed by atoms with Gasteiger partial charge in [0.2, 0.25) is 0 Å². The predicted molar refractivity (Wildman–Crippen MR) is 68.6 cm³/mol. The highest BCUT2D eigenvalue weighted by Crippen LogP contribution is 2.24. The van der Waals surface area contributed by atoms with Crippen molar-refractivity contribution in [2.75, 3.05) is 0 Å². The van der Waals surface area contributed by atoms with Crippen molar-refractivity contribution in [3.05, 3.63) is 29.6 Å². The Morgan fingerprint density at radius 1 is 1.25 bits per heavy atom. The van der Waals surface area contributed by atoms with Gasteiger partial charge < -0.3 is 4.74 Å². The summed E-state index contributed by atoms with van der Waals surface area (Å²) in [6, 6.07) is 2.51. The van der Waals surface area contributed by atoms with Crippen LogP contribution in [0.4, 0.5) is 17.6 Å². The zero-order chi connectivity index (χ0) is 15.6. The molecule has 0 aromatic heterocycles. The van der Waals surface area contributed by atoms with Gasteiger partial charge in [-0.05, 0) is 39.0 Å². The molecule has 1 atom stereocenters. The minimum absolute atomic E-state index is 0.232. The molecule has 0 saturated heterocycles. The van der Waals surface area contributed by atoms with Gasteiger partial charge >= 0.3 is 6.36 Å². The summed E-state index contributed by atoms with van der Waals surface area (Å²) in [7, 11) is -1.63. The maximum absolute atomic E-state index is 13.4. The highest BCUT2D eigenvalue weighted by atomic mass is 32.2. The van der Waals surface area contributed by atoms with Gasteiger partial charge in [0, 0.05) is 11.8 Å². The maximum Gasteiger partial charge on any atom is 0.573 e. The average molecular weight is 311 g/mol. The fraction of sp³-hybridized carbons (Fsp3) is 0.417. The van der Waals surface area contributed by atoms with E-state index < -0.39 is 33.7 Å². The monoisotopic (exact) mass is 311 g/mol. The molecule has 0 fully saturated rings. The highest BCUT2D eigenvalue weighted by molar-refractivity contribution is 7.85. The molecule has 0 unspecified atom stereocenters. The lowest BCUT2D eigenvalue weighted by atomic mass is 10.2. The molecule has 0 aliphatic heterocycles. The molecule has 0 spiro atoms. The quantitative estimate of drug-likeness (QED) is 0.632. The van der Waals surface area contributed by atoms with Crippen molar-refractivity contribution in [1.29, 1.82) is 0 Å². The second-order valence-corrected chi connectivity index (χ2v) is 6.76. The van der Waals surface area contributed by atoms with Gasteiger partial charge in [-0.1, -0.05) is 0 Å². The molecule has 3 nitrogen and oxygen atoms in total. The standard InChI is InChI=1S/C12H13F4NO2S/c1-11(2,3)20(18)17-7-8-6-9(4-5-10(8)13)19-12(14,15)16/h4-7H,1-3H3/t20-/m1/s1.